The van der Waals surface area contributed by atoms with Crippen LogP contribution in [0.25, 0.3) is 22.6 Å². The molecule has 0 saturated heterocycles. The van der Waals surface area contributed by atoms with Crippen molar-refractivity contribution in [3.63, 3.8) is 0 Å². The lowest BCUT2D eigenvalue weighted by Gasteiger charge is -2.03. The predicted molar refractivity (Wildman–Crippen MR) is 73.7 cm³/mol. The quantitative estimate of drug-likeness (QED) is 0.778. The monoisotopic (exact) mass is 256 g/mol. The van der Waals surface area contributed by atoms with Crippen LogP contribution in [0.4, 0.5) is 0 Å². The lowest BCUT2D eigenvalue weighted by molar-refractivity contribution is 0.577. The largest absolute Gasteiger partial charge is 0.461 e. The molecule has 98 valence electrons. The van der Waals surface area contributed by atoms with Crippen molar-refractivity contribution < 1.29 is 4.42 Å². The Labute approximate surface area is 111 Å². The van der Waals surface area contributed by atoms with Crippen molar-refractivity contribution in [3.8, 4) is 11.6 Å². The van der Waals surface area contributed by atoms with Crippen LogP contribution in [0.1, 0.15) is 11.3 Å². The van der Waals surface area contributed by atoms with Gasteiger partial charge >= 0.3 is 0 Å². The predicted octanol–water partition coefficient (Wildman–Crippen LogP) is 2.04. The topological polar surface area (TPSA) is 69.9 Å². The van der Waals surface area contributed by atoms with E-state index in [1.54, 1.807) is 6.26 Å². The third-order valence-electron chi connectivity index (χ3n) is 3.23. The Morgan fingerprint density at radius 1 is 1.37 bits per heavy atom. The summed E-state index contributed by atoms with van der Waals surface area (Å²) < 4.78 is 7.38. The van der Waals surface area contributed by atoms with Crippen LogP contribution in [0, 0.1) is 6.92 Å². The number of aryl methyl sites for hydroxylation is 2. The summed E-state index contributed by atoms with van der Waals surface area (Å²) in [4.78, 5) is 9.14. The highest BCUT2D eigenvalue weighted by Crippen LogP contribution is 2.25. The number of aromatic nitrogens is 3. The van der Waals surface area contributed by atoms with Crippen LogP contribution in [-0.4, -0.2) is 21.1 Å². The van der Waals surface area contributed by atoms with Gasteiger partial charge in [0.15, 0.2) is 11.6 Å². The minimum Gasteiger partial charge on any atom is -0.461 e. The number of furan rings is 1. The Kier molecular flexibility index (Phi) is 2.83. The van der Waals surface area contributed by atoms with Crippen LogP contribution in [0.3, 0.4) is 0 Å². The third kappa shape index (κ3) is 1.92. The molecule has 5 nitrogen and oxygen atoms in total. The Bertz CT molecular complexity index is 713. The molecule has 0 unspecified atom stereocenters. The molecule has 0 bridgehead atoms. The maximum atomic E-state index is 5.65. The summed E-state index contributed by atoms with van der Waals surface area (Å²) in [6, 6.07) is 3.70. The van der Waals surface area contributed by atoms with E-state index in [0.29, 0.717) is 18.1 Å². The Morgan fingerprint density at radius 2 is 2.21 bits per heavy atom. The van der Waals surface area contributed by atoms with Gasteiger partial charge in [0.05, 0.1) is 12.0 Å². The van der Waals surface area contributed by atoms with Gasteiger partial charge in [0.2, 0.25) is 0 Å². The number of nitrogens with zero attached hydrogens (tertiary/aromatic N) is 3. The van der Waals surface area contributed by atoms with E-state index >= 15 is 0 Å². The van der Waals surface area contributed by atoms with Crippen molar-refractivity contribution >= 4 is 11.0 Å². The first-order valence-electron chi connectivity index (χ1n) is 6.27. The molecular formula is C14H16N4O. The average Bonchev–Trinajstić information content (AvgIpc) is 2.99. The standard InChI is InChI=1S/C14H16N4O/c1-9-12-10(5-6-15)8-18(2)14(12)17-13(16-9)11-4-3-7-19-11/h3-4,7-8H,5-6,15H2,1-2H3. The van der Waals surface area contributed by atoms with E-state index in [-0.39, 0.29) is 0 Å². The van der Waals surface area contributed by atoms with E-state index in [4.69, 9.17) is 10.2 Å². The summed E-state index contributed by atoms with van der Waals surface area (Å²) in [5.41, 5.74) is 8.73. The summed E-state index contributed by atoms with van der Waals surface area (Å²) in [6.45, 7) is 2.62. The van der Waals surface area contributed by atoms with Crippen LogP contribution in [0.5, 0.6) is 0 Å². The van der Waals surface area contributed by atoms with Crippen molar-refractivity contribution in [2.75, 3.05) is 6.54 Å². The fourth-order valence-electron chi connectivity index (χ4n) is 2.41. The van der Waals surface area contributed by atoms with Gasteiger partial charge in [-0.05, 0) is 37.6 Å². The zero-order chi connectivity index (χ0) is 13.4. The van der Waals surface area contributed by atoms with E-state index in [9.17, 15) is 0 Å². The van der Waals surface area contributed by atoms with Gasteiger partial charge in [0, 0.05) is 18.6 Å². The second kappa shape index (κ2) is 4.51. The zero-order valence-corrected chi connectivity index (χ0v) is 11.1. The van der Waals surface area contributed by atoms with Crippen LogP contribution >= 0.6 is 0 Å². The Balaban J connectivity index is 2.24. The van der Waals surface area contributed by atoms with Gasteiger partial charge in [-0.2, -0.15) is 0 Å². The third-order valence-corrected chi connectivity index (χ3v) is 3.23. The minimum atomic E-state index is 0.621. The molecule has 19 heavy (non-hydrogen) atoms. The van der Waals surface area contributed by atoms with Crippen molar-refractivity contribution in [1.29, 1.82) is 0 Å². The zero-order valence-electron chi connectivity index (χ0n) is 11.1. The first kappa shape index (κ1) is 11.9. The second-order valence-electron chi connectivity index (χ2n) is 4.61. The van der Waals surface area contributed by atoms with Gasteiger partial charge in [0.1, 0.15) is 5.65 Å². The lowest BCUT2D eigenvalue weighted by atomic mass is 10.1. The van der Waals surface area contributed by atoms with Crippen LogP contribution in [0.2, 0.25) is 0 Å². The fraction of sp³-hybridized carbons (Fsp3) is 0.286. The van der Waals surface area contributed by atoms with Gasteiger partial charge < -0.3 is 14.7 Å². The highest BCUT2D eigenvalue weighted by Gasteiger charge is 2.14. The maximum absolute atomic E-state index is 5.65. The van der Waals surface area contributed by atoms with E-state index in [2.05, 4.69) is 16.2 Å². The molecule has 3 aromatic heterocycles. The SMILES string of the molecule is Cc1nc(-c2ccco2)nc2c1c(CCN)cn2C. The second-order valence-corrected chi connectivity index (χ2v) is 4.61. The maximum Gasteiger partial charge on any atom is 0.197 e. The molecular weight excluding hydrogens is 240 g/mol. The molecule has 0 amide bonds. The van der Waals surface area contributed by atoms with Crippen molar-refractivity contribution in [3.05, 3.63) is 35.9 Å². The van der Waals surface area contributed by atoms with Gasteiger partial charge in [-0.1, -0.05) is 0 Å². The number of rotatable bonds is 3. The molecule has 0 spiro atoms. The molecule has 0 fully saturated rings. The minimum absolute atomic E-state index is 0.621. The summed E-state index contributed by atoms with van der Waals surface area (Å²) in [6.07, 6.45) is 4.54. The van der Waals surface area contributed by atoms with E-state index in [1.807, 2.05) is 30.7 Å². The number of fused-ring (bicyclic) bond motifs is 1. The number of nitrogens with two attached hydrogens (primary N) is 1. The van der Waals surface area contributed by atoms with Crippen LogP contribution < -0.4 is 5.73 Å². The summed E-state index contributed by atoms with van der Waals surface area (Å²) in [5, 5.41) is 1.10. The molecule has 3 aromatic rings. The van der Waals surface area contributed by atoms with Crippen LogP contribution in [0.15, 0.2) is 29.0 Å². The van der Waals surface area contributed by atoms with E-state index in [1.165, 1.54) is 5.56 Å². The van der Waals surface area contributed by atoms with E-state index in [0.717, 1.165) is 23.1 Å². The lowest BCUT2D eigenvalue weighted by Crippen LogP contribution is -2.02. The molecule has 3 heterocycles. The molecule has 0 saturated carbocycles. The summed E-state index contributed by atoms with van der Waals surface area (Å²) >= 11 is 0. The molecule has 0 radical (unpaired) electrons. The van der Waals surface area contributed by atoms with Gasteiger partial charge in [-0.25, -0.2) is 9.97 Å². The molecule has 0 aliphatic rings. The van der Waals surface area contributed by atoms with Crippen molar-refractivity contribution in [1.82, 2.24) is 14.5 Å². The highest BCUT2D eigenvalue weighted by atomic mass is 16.3. The molecule has 0 aliphatic heterocycles. The van der Waals surface area contributed by atoms with Crippen LogP contribution in [-0.2, 0) is 13.5 Å². The molecule has 5 heteroatoms. The summed E-state index contributed by atoms with van der Waals surface area (Å²) in [5.74, 6) is 1.31. The first-order valence-corrected chi connectivity index (χ1v) is 6.27. The van der Waals surface area contributed by atoms with Gasteiger partial charge in [-0.15, -0.1) is 0 Å². The van der Waals surface area contributed by atoms with Crippen molar-refractivity contribution in [2.24, 2.45) is 12.8 Å². The van der Waals surface area contributed by atoms with Gasteiger partial charge in [0.25, 0.3) is 0 Å². The molecule has 0 aliphatic carbocycles. The average molecular weight is 256 g/mol. The smallest absolute Gasteiger partial charge is 0.197 e. The molecule has 0 atom stereocenters. The Morgan fingerprint density at radius 3 is 2.89 bits per heavy atom. The molecule has 3 rings (SSSR count). The molecule has 0 aromatic carbocycles. The number of hydrogen-bond donors (Lipinski definition) is 1. The molecule has 2 N–H and O–H groups in total. The number of hydrogen-bond acceptors (Lipinski definition) is 4. The first-order chi connectivity index (χ1) is 9.20. The highest BCUT2D eigenvalue weighted by molar-refractivity contribution is 5.84. The summed E-state index contributed by atoms with van der Waals surface area (Å²) in [7, 11) is 1.99. The van der Waals surface area contributed by atoms with Gasteiger partial charge in [-0.3, -0.25) is 0 Å². The fourth-order valence-corrected chi connectivity index (χ4v) is 2.41. The normalized spacial score (nSPS) is 11.3. The van der Waals surface area contributed by atoms with E-state index < -0.39 is 0 Å². The van der Waals surface area contributed by atoms with Crippen molar-refractivity contribution in [2.45, 2.75) is 13.3 Å². The Hall–Kier alpha value is -2.14.